The maximum absolute atomic E-state index is 13.3. The SMILES string of the molecule is O=C1c2ccccc2C(=Nc2ccc(Cl)cc2)[C@@H]1c1ccc2ccccc2c1. The number of rotatable bonds is 2. The zero-order valence-corrected chi connectivity index (χ0v) is 15.7. The number of aliphatic imine (C=N–C) groups is 1. The first-order chi connectivity index (χ1) is 13.7. The summed E-state index contributed by atoms with van der Waals surface area (Å²) in [7, 11) is 0. The molecule has 1 aliphatic rings. The molecule has 28 heavy (non-hydrogen) atoms. The third-order valence-corrected chi connectivity index (χ3v) is 5.44. The van der Waals surface area contributed by atoms with E-state index in [4.69, 9.17) is 16.6 Å². The number of hydrogen-bond donors (Lipinski definition) is 0. The van der Waals surface area contributed by atoms with Gasteiger partial charge in [-0.05, 0) is 40.6 Å². The van der Waals surface area contributed by atoms with Crippen LogP contribution in [0.5, 0.6) is 0 Å². The molecule has 0 radical (unpaired) electrons. The Balaban J connectivity index is 1.70. The Bertz CT molecular complexity index is 1240. The number of nitrogens with zero attached hydrogens (tertiary/aromatic N) is 1. The number of benzene rings is 4. The highest BCUT2D eigenvalue weighted by Gasteiger charge is 2.37. The summed E-state index contributed by atoms with van der Waals surface area (Å²) in [5.74, 6) is -0.309. The fourth-order valence-electron chi connectivity index (χ4n) is 3.83. The first-order valence-corrected chi connectivity index (χ1v) is 9.55. The van der Waals surface area contributed by atoms with E-state index in [0.29, 0.717) is 5.02 Å². The fourth-order valence-corrected chi connectivity index (χ4v) is 3.96. The zero-order chi connectivity index (χ0) is 19.1. The minimum absolute atomic E-state index is 0.0959. The van der Waals surface area contributed by atoms with E-state index in [0.717, 1.165) is 38.9 Å². The van der Waals surface area contributed by atoms with Crippen molar-refractivity contribution in [3.63, 3.8) is 0 Å². The molecule has 0 unspecified atom stereocenters. The summed E-state index contributed by atoms with van der Waals surface area (Å²) in [5, 5.41) is 2.94. The summed E-state index contributed by atoms with van der Waals surface area (Å²) in [4.78, 5) is 18.2. The van der Waals surface area contributed by atoms with Gasteiger partial charge in [0.2, 0.25) is 0 Å². The number of hydrogen-bond acceptors (Lipinski definition) is 2. The zero-order valence-electron chi connectivity index (χ0n) is 15.0. The first-order valence-electron chi connectivity index (χ1n) is 9.17. The van der Waals surface area contributed by atoms with Gasteiger partial charge in [0.05, 0.1) is 17.3 Å². The number of carbonyl (C=O) groups excluding carboxylic acids is 1. The molecule has 0 N–H and O–H groups in total. The second-order valence-corrected chi connectivity index (χ2v) is 7.36. The monoisotopic (exact) mass is 381 g/mol. The van der Waals surface area contributed by atoms with Crippen LogP contribution in [0.25, 0.3) is 10.8 Å². The molecule has 0 amide bonds. The van der Waals surface area contributed by atoms with E-state index in [9.17, 15) is 4.79 Å². The van der Waals surface area contributed by atoms with E-state index < -0.39 is 5.92 Å². The molecule has 0 aliphatic heterocycles. The van der Waals surface area contributed by atoms with E-state index in [1.165, 1.54) is 0 Å². The van der Waals surface area contributed by atoms with Gasteiger partial charge in [-0.25, -0.2) is 0 Å². The molecule has 0 bridgehead atoms. The van der Waals surface area contributed by atoms with Gasteiger partial charge in [0, 0.05) is 16.1 Å². The van der Waals surface area contributed by atoms with Crippen molar-refractivity contribution in [1.82, 2.24) is 0 Å². The van der Waals surface area contributed by atoms with Gasteiger partial charge in [-0.3, -0.25) is 9.79 Å². The van der Waals surface area contributed by atoms with E-state index in [-0.39, 0.29) is 5.78 Å². The van der Waals surface area contributed by atoms with Gasteiger partial charge in [0.15, 0.2) is 5.78 Å². The van der Waals surface area contributed by atoms with Crippen LogP contribution in [0.2, 0.25) is 5.02 Å². The molecule has 1 atom stereocenters. The smallest absolute Gasteiger partial charge is 0.176 e. The van der Waals surface area contributed by atoms with E-state index >= 15 is 0 Å². The molecule has 0 aromatic heterocycles. The maximum atomic E-state index is 13.3. The van der Waals surface area contributed by atoms with Crippen molar-refractivity contribution in [2.45, 2.75) is 5.92 Å². The van der Waals surface area contributed by atoms with Gasteiger partial charge >= 0.3 is 0 Å². The molecule has 3 heteroatoms. The largest absolute Gasteiger partial charge is 0.293 e. The minimum Gasteiger partial charge on any atom is -0.293 e. The van der Waals surface area contributed by atoms with Crippen molar-refractivity contribution < 1.29 is 4.79 Å². The third-order valence-electron chi connectivity index (χ3n) is 5.19. The van der Waals surface area contributed by atoms with Crippen LogP contribution < -0.4 is 0 Å². The number of carbonyl (C=O) groups is 1. The lowest BCUT2D eigenvalue weighted by molar-refractivity contribution is 0.0988. The minimum atomic E-state index is -0.405. The Morgan fingerprint density at radius 3 is 2.18 bits per heavy atom. The first kappa shape index (κ1) is 16.9. The lowest BCUT2D eigenvalue weighted by Gasteiger charge is -2.12. The van der Waals surface area contributed by atoms with Crippen LogP contribution in [0, 0.1) is 0 Å². The van der Waals surface area contributed by atoms with Crippen molar-refractivity contribution in [3.05, 3.63) is 113 Å². The van der Waals surface area contributed by atoms with Crippen LogP contribution in [0.4, 0.5) is 5.69 Å². The highest BCUT2D eigenvalue weighted by molar-refractivity contribution is 6.32. The van der Waals surface area contributed by atoms with E-state index in [1.54, 1.807) is 0 Å². The van der Waals surface area contributed by atoms with Gasteiger partial charge in [-0.15, -0.1) is 0 Å². The Morgan fingerprint density at radius 2 is 1.39 bits per heavy atom. The fraction of sp³-hybridized carbons (Fsp3) is 0.0400. The topological polar surface area (TPSA) is 29.4 Å². The molecule has 5 rings (SSSR count). The number of halogens is 1. The average Bonchev–Trinajstić information content (AvgIpc) is 3.01. The van der Waals surface area contributed by atoms with E-state index in [2.05, 4.69) is 24.3 Å². The van der Waals surface area contributed by atoms with Crippen LogP contribution in [0.3, 0.4) is 0 Å². The van der Waals surface area contributed by atoms with Gasteiger partial charge in [0.1, 0.15) is 0 Å². The van der Waals surface area contributed by atoms with Gasteiger partial charge in [-0.2, -0.15) is 0 Å². The predicted octanol–water partition coefficient (Wildman–Crippen LogP) is 6.59. The summed E-state index contributed by atoms with van der Waals surface area (Å²) in [6.07, 6.45) is 0. The van der Waals surface area contributed by atoms with Crippen molar-refractivity contribution in [3.8, 4) is 0 Å². The lowest BCUT2D eigenvalue weighted by atomic mass is 9.91. The van der Waals surface area contributed by atoms with Gasteiger partial charge in [-0.1, -0.05) is 78.3 Å². The maximum Gasteiger partial charge on any atom is 0.176 e. The Morgan fingerprint density at radius 1 is 0.714 bits per heavy atom. The molecule has 4 aromatic rings. The average molecular weight is 382 g/mol. The van der Waals surface area contributed by atoms with Gasteiger partial charge in [0.25, 0.3) is 0 Å². The standard InChI is InChI=1S/C25H16ClNO/c26-19-11-13-20(14-12-19)27-24-21-7-3-4-8-22(21)25(28)23(24)18-10-9-16-5-1-2-6-17(16)15-18/h1-15,23H/t23-/m0/s1. The third kappa shape index (κ3) is 2.83. The number of fused-ring (bicyclic) bond motifs is 2. The Kier molecular flexibility index (Phi) is 4.07. The molecule has 0 fully saturated rings. The van der Waals surface area contributed by atoms with Crippen LogP contribution in [-0.4, -0.2) is 11.5 Å². The van der Waals surface area contributed by atoms with Crippen molar-refractivity contribution in [1.29, 1.82) is 0 Å². The summed E-state index contributed by atoms with van der Waals surface area (Å²) in [6.45, 7) is 0. The molecular weight excluding hydrogens is 366 g/mol. The van der Waals surface area contributed by atoms with Crippen LogP contribution >= 0.6 is 11.6 Å². The Hall–Kier alpha value is -3.23. The number of ketones is 1. The molecule has 4 aromatic carbocycles. The van der Waals surface area contributed by atoms with Crippen molar-refractivity contribution >= 4 is 39.6 Å². The normalized spacial score (nSPS) is 17.2. The lowest BCUT2D eigenvalue weighted by Crippen LogP contribution is -2.13. The highest BCUT2D eigenvalue weighted by Crippen LogP contribution is 2.37. The summed E-state index contributed by atoms with van der Waals surface area (Å²) in [5.41, 5.74) is 4.18. The van der Waals surface area contributed by atoms with E-state index in [1.807, 2.05) is 66.7 Å². The highest BCUT2D eigenvalue weighted by atomic mass is 35.5. The number of Topliss-reactive ketones (excluding diaryl/α,β-unsaturated/α-hetero) is 1. The molecule has 134 valence electrons. The predicted molar refractivity (Wildman–Crippen MR) is 115 cm³/mol. The molecule has 0 heterocycles. The molecular formula is C25H16ClNO. The van der Waals surface area contributed by atoms with Crippen LogP contribution in [-0.2, 0) is 0 Å². The van der Waals surface area contributed by atoms with Crippen molar-refractivity contribution in [2.24, 2.45) is 4.99 Å². The van der Waals surface area contributed by atoms with Crippen LogP contribution in [0.1, 0.15) is 27.4 Å². The Labute approximate surface area is 168 Å². The second-order valence-electron chi connectivity index (χ2n) is 6.92. The quantitative estimate of drug-likeness (QED) is 0.385. The van der Waals surface area contributed by atoms with Crippen LogP contribution in [0.15, 0.2) is 96.0 Å². The molecule has 1 aliphatic carbocycles. The van der Waals surface area contributed by atoms with Gasteiger partial charge < -0.3 is 0 Å². The molecule has 0 saturated carbocycles. The molecule has 0 spiro atoms. The summed E-state index contributed by atoms with van der Waals surface area (Å²) >= 11 is 6.01. The summed E-state index contributed by atoms with van der Waals surface area (Å²) < 4.78 is 0. The van der Waals surface area contributed by atoms with Crippen molar-refractivity contribution in [2.75, 3.05) is 0 Å². The second kappa shape index (κ2) is 6.74. The molecule has 2 nitrogen and oxygen atoms in total. The summed E-state index contributed by atoms with van der Waals surface area (Å²) in [6, 6.07) is 29.5. The molecule has 0 saturated heterocycles.